The van der Waals surface area contributed by atoms with Crippen molar-refractivity contribution in [3.8, 4) is 0 Å². The first-order valence-corrected chi connectivity index (χ1v) is 11.3. The summed E-state index contributed by atoms with van der Waals surface area (Å²) >= 11 is 0. The molecule has 3 aromatic carbocycles. The second-order valence-electron chi connectivity index (χ2n) is 7.57. The van der Waals surface area contributed by atoms with Crippen LogP contribution in [0.5, 0.6) is 0 Å². The largest absolute Gasteiger partial charge is 0.350 e. The molecule has 0 saturated carbocycles. The van der Waals surface area contributed by atoms with Gasteiger partial charge in [-0.2, -0.15) is 0 Å². The highest BCUT2D eigenvalue weighted by atomic mass is 32.2. The van der Waals surface area contributed by atoms with E-state index in [1.54, 1.807) is 36.4 Å². The van der Waals surface area contributed by atoms with Gasteiger partial charge in [0, 0.05) is 6.54 Å². The zero-order valence-electron chi connectivity index (χ0n) is 17.7. The zero-order valence-corrected chi connectivity index (χ0v) is 18.5. The zero-order chi connectivity index (χ0) is 22.6. The minimum atomic E-state index is -3.97. The first kappa shape index (κ1) is 22.5. The Morgan fingerprint density at radius 3 is 2.03 bits per heavy atom. The molecule has 0 radical (unpaired) electrons. The van der Waals surface area contributed by atoms with Crippen LogP contribution < -0.4 is 9.62 Å². The van der Waals surface area contributed by atoms with Crippen molar-refractivity contribution >= 4 is 21.6 Å². The van der Waals surface area contributed by atoms with Crippen LogP contribution in [0.3, 0.4) is 0 Å². The van der Waals surface area contributed by atoms with Crippen molar-refractivity contribution in [2.45, 2.75) is 32.2 Å². The van der Waals surface area contributed by atoms with Crippen molar-refractivity contribution < 1.29 is 17.6 Å². The molecule has 3 aromatic rings. The molecule has 31 heavy (non-hydrogen) atoms. The summed E-state index contributed by atoms with van der Waals surface area (Å²) < 4.78 is 41.0. The molecule has 0 heterocycles. The summed E-state index contributed by atoms with van der Waals surface area (Å²) in [4.78, 5) is 12.8. The topological polar surface area (TPSA) is 66.5 Å². The Hall–Kier alpha value is -3.19. The summed E-state index contributed by atoms with van der Waals surface area (Å²) in [5.74, 6) is -0.820. The van der Waals surface area contributed by atoms with E-state index < -0.39 is 15.9 Å². The standard InChI is InChI=1S/C24H25FN2O3S/c1-17-4-10-23(11-5-17)31(29,30)27(22-13-18(2)12-19(3)14-22)16-24(28)26-15-20-6-8-21(25)9-7-20/h4-14H,15-16H2,1-3H3,(H,26,28). The van der Waals surface area contributed by atoms with Gasteiger partial charge in [0.15, 0.2) is 0 Å². The van der Waals surface area contributed by atoms with E-state index in [9.17, 15) is 17.6 Å². The molecule has 0 spiro atoms. The number of anilines is 1. The number of carbonyl (C=O) groups excluding carboxylic acids is 1. The van der Waals surface area contributed by atoms with E-state index in [1.165, 1.54) is 24.3 Å². The van der Waals surface area contributed by atoms with Crippen LogP contribution in [-0.2, 0) is 21.4 Å². The molecule has 0 saturated heterocycles. The quantitative estimate of drug-likeness (QED) is 0.597. The Bertz CT molecular complexity index is 1150. The Kier molecular flexibility index (Phi) is 6.75. The number of hydrogen-bond donors (Lipinski definition) is 1. The number of hydrogen-bond acceptors (Lipinski definition) is 3. The van der Waals surface area contributed by atoms with Crippen molar-refractivity contribution in [1.82, 2.24) is 5.32 Å². The number of aryl methyl sites for hydroxylation is 3. The van der Waals surface area contributed by atoms with Crippen LogP contribution in [-0.4, -0.2) is 20.9 Å². The SMILES string of the molecule is Cc1ccc(S(=O)(=O)N(CC(=O)NCc2ccc(F)cc2)c2cc(C)cc(C)c2)cc1. The van der Waals surface area contributed by atoms with Crippen LogP contribution in [0.15, 0.2) is 71.6 Å². The van der Waals surface area contributed by atoms with Gasteiger partial charge >= 0.3 is 0 Å². The molecule has 0 bridgehead atoms. The van der Waals surface area contributed by atoms with Gasteiger partial charge in [-0.3, -0.25) is 9.10 Å². The Morgan fingerprint density at radius 1 is 0.871 bits per heavy atom. The molecular formula is C24H25FN2O3S. The van der Waals surface area contributed by atoms with Gasteiger partial charge in [0.05, 0.1) is 10.6 Å². The molecule has 0 aliphatic carbocycles. The first-order valence-electron chi connectivity index (χ1n) is 9.84. The second-order valence-corrected chi connectivity index (χ2v) is 9.44. The molecule has 162 valence electrons. The maximum absolute atomic E-state index is 13.4. The van der Waals surface area contributed by atoms with Crippen LogP contribution in [0, 0.1) is 26.6 Å². The lowest BCUT2D eigenvalue weighted by Gasteiger charge is -2.25. The van der Waals surface area contributed by atoms with Gasteiger partial charge in [-0.1, -0.05) is 35.9 Å². The van der Waals surface area contributed by atoms with Gasteiger partial charge in [-0.15, -0.1) is 0 Å². The van der Waals surface area contributed by atoms with E-state index in [0.717, 1.165) is 21.0 Å². The van der Waals surface area contributed by atoms with Crippen LogP contribution >= 0.6 is 0 Å². The number of nitrogens with zero attached hydrogens (tertiary/aromatic N) is 1. The molecule has 0 aromatic heterocycles. The highest BCUT2D eigenvalue weighted by Crippen LogP contribution is 2.26. The maximum atomic E-state index is 13.4. The third-order valence-corrected chi connectivity index (χ3v) is 6.58. The van der Waals surface area contributed by atoms with Crippen molar-refractivity contribution in [3.63, 3.8) is 0 Å². The fraction of sp³-hybridized carbons (Fsp3) is 0.208. The van der Waals surface area contributed by atoms with Crippen LogP contribution in [0.1, 0.15) is 22.3 Å². The number of halogens is 1. The van der Waals surface area contributed by atoms with E-state index in [1.807, 2.05) is 26.8 Å². The van der Waals surface area contributed by atoms with E-state index in [2.05, 4.69) is 5.32 Å². The molecular weight excluding hydrogens is 415 g/mol. The molecule has 0 atom stereocenters. The molecule has 7 heteroatoms. The molecule has 3 rings (SSSR count). The second kappa shape index (κ2) is 9.31. The van der Waals surface area contributed by atoms with Gasteiger partial charge in [0.2, 0.25) is 5.91 Å². The van der Waals surface area contributed by atoms with Crippen LogP contribution in [0.25, 0.3) is 0 Å². The summed E-state index contributed by atoms with van der Waals surface area (Å²) in [5.41, 5.74) is 3.87. The average Bonchev–Trinajstić information content (AvgIpc) is 2.71. The first-order chi connectivity index (χ1) is 14.6. The van der Waals surface area contributed by atoms with Crippen molar-refractivity contribution in [2.24, 2.45) is 0 Å². The Morgan fingerprint density at radius 2 is 1.45 bits per heavy atom. The Labute approximate surface area is 182 Å². The smallest absolute Gasteiger partial charge is 0.264 e. The van der Waals surface area contributed by atoms with Gasteiger partial charge < -0.3 is 5.32 Å². The van der Waals surface area contributed by atoms with Gasteiger partial charge in [-0.05, 0) is 73.9 Å². The number of rotatable bonds is 7. The van der Waals surface area contributed by atoms with E-state index in [4.69, 9.17) is 0 Å². The number of nitrogens with one attached hydrogen (secondary N) is 1. The molecule has 0 fully saturated rings. The van der Waals surface area contributed by atoms with Crippen molar-refractivity contribution in [3.05, 3.63) is 94.8 Å². The van der Waals surface area contributed by atoms with E-state index >= 15 is 0 Å². The summed E-state index contributed by atoms with van der Waals surface area (Å²) in [7, 11) is -3.97. The molecule has 1 N–H and O–H groups in total. The minimum Gasteiger partial charge on any atom is -0.350 e. The predicted octanol–water partition coefficient (Wildman–Crippen LogP) is 4.26. The lowest BCUT2D eigenvalue weighted by atomic mass is 10.1. The average molecular weight is 441 g/mol. The van der Waals surface area contributed by atoms with Gasteiger partial charge in [-0.25, -0.2) is 12.8 Å². The molecule has 0 aliphatic heterocycles. The van der Waals surface area contributed by atoms with Crippen LogP contribution in [0.2, 0.25) is 0 Å². The normalized spacial score (nSPS) is 11.2. The number of carbonyl (C=O) groups is 1. The molecule has 1 amide bonds. The Balaban J connectivity index is 1.89. The molecule has 0 unspecified atom stereocenters. The molecule has 5 nitrogen and oxygen atoms in total. The molecule has 0 aliphatic rings. The van der Waals surface area contributed by atoms with Crippen molar-refractivity contribution in [2.75, 3.05) is 10.8 Å². The van der Waals surface area contributed by atoms with Gasteiger partial charge in [0.25, 0.3) is 10.0 Å². The minimum absolute atomic E-state index is 0.114. The highest BCUT2D eigenvalue weighted by Gasteiger charge is 2.27. The number of benzene rings is 3. The third kappa shape index (κ3) is 5.70. The van der Waals surface area contributed by atoms with Gasteiger partial charge in [0.1, 0.15) is 12.4 Å². The summed E-state index contributed by atoms with van der Waals surface area (Å²) in [5, 5.41) is 2.71. The third-order valence-electron chi connectivity index (χ3n) is 4.79. The monoisotopic (exact) mass is 440 g/mol. The fourth-order valence-electron chi connectivity index (χ4n) is 3.24. The number of sulfonamides is 1. The summed E-state index contributed by atoms with van der Waals surface area (Å²) in [6.07, 6.45) is 0. The maximum Gasteiger partial charge on any atom is 0.264 e. The highest BCUT2D eigenvalue weighted by molar-refractivity contribution is 7.92. The summed E-state index contributed by atoms with van der Waals surface area (Å²) in [6.45, 7) is 5.43. The fourth-order valence-corrected chi connectivity index (χ4v) is 4.64. The van der Waals surface area contributed by atoms with Crippen molar-refractivity contribution in [1.29, 1.82) is 0 Å². The van der Waals surface area contributed by atoms with E-state index in [-0.39, 0.29) is 23.8 Å². The summed E-state index contributed by atoms with van der Waals surface area (Å²) in [6, 6.07) is 17.7. The lowest BCUT2D eigenvalue weighted by molar-refractivity contribution is -0.119. The predicted molar refractivity (Wildman–Crippen MR) is 120 cm³/mol. The number of amides is 1. The van der Waals surface area contributed by atoms with E-state index in [0.29, 0.717) is 11.3 Å². The van der Waals surface area contributed by atoms with Crippen LogP contribution in [0.4, 0.5) is 10.1 Å². The lowest BCUT2D eigenvalue weighted by Crippen LogP contribution is -2.40.